The van der Waals surface area contributed by atoms with Gasteiger partial charge in [-0.25, -0.2) is 9.50 Å². The minimum absolute atomic E-state index is 0.00783. The fourth-order valence-electron chi connectivity index (χ4n) is 3.01. The first kappa shape index (κ1) is 20.8. The number of esters is 1. The van der Waals surface area contributed by atoms with Gasteiger partial charge in [0, 0.05) is 22.6 Å². The highest BCUT2D eigenvalue weighted by Crippen LogP contribution is 2.18. The van der Waals surface area contributed by atoms with Crippen LogP contribution in [0.3, 0.4) is 0 Å². The van der Waals surface area contributed by atoms with Crippen LogP contribution >= 0.6 is 11.8 Å². The summed E-state index contributed by atoms with van der Waals surface area (Å²) in [6, 6.07) is 7.54. The van der Waals surface area contributed by atoms with Crippen molar-refractivity contribution in [2.75, 3.05) is 18.2 Å². The Bertz CT molecular complexity index is 1060. The van der Waals surface area contributed by atoms with Gasteiger partial charge in [-0.15, -0.1) is 5.10 Å². The van der Waals surface area contributed by atoms with Gasteiger partial charge in [-0.05, 0) is 38.2 Å². The number of aromatic nitrogens is 4. The molecule has 0 fully saturated rings. The van der Waals surface area contributed by atoms with Crippen LogP contribution < -0.4 is 5.32 Å². The van der Waals surface area contributed by atoms with Crippen LogP contribution in [0.15, 0.2) is 29.4 Å². The Kier molecular flexibility index (Phi) is 6.48. The molecule has 0 saturated heterocycles. The molecule has 9 heteroatoms. The Morgan fingerprint density at radius 3 is 2.69 bits per heavy atom. The van der Waals surface area contributed by atoms with Gasteiger partial charge in [0.15, 0.2) is 6.61 Å². The molecule has 0 unspecified atom stereocenters. The summed E-state index contributed by atoms with van der Waals surface area (Å²) >= 11 is 1.42. The summed E-state index contributed by atoms with van der Waals surface area (Å²) in [5, 5.41) is 7.77. The van der Waals surface area contributed by atoms with Crippen molar-refractivity contribution in [1.82, 2.24) is 19.6 Å². The first-order chi connectivity index (χ1) is 13.9. The molecule has 2 heterocycles. The van der Waals surface area contributed by atoms with Crippen molar-refractivity contribution in [3.8, 4) is 0 Å². The van der Waals surface area contributed by atoms with Crippen molar-refractivity contribution in [3.05, 3.63) is 46.8 Å². The van der Waals surface area contributed by atoms with Gasteiger partial charge < -0.3 is 10.1 Å². The summed E-state index contributed by atoms with van der Waals surface area (Å²) in [7, 11) is 0. The van der Waals surface area contributed by atoms with Gasteiger partial charge in [0.2, 0.25) is 5.16 Å². The largest absolute Gasteiger partial charge is 0.455 e. The summed E-state index contributed by atoms with van der Waals surface area (Å²) in [4.78, 5) is 33.2. The second kappa shape index (κ2) is 9.04. The third-order valence-corrected chi connectivity index (χ3v) is 5.11. The van der Waals surface area contributed by atoms with Gasteiger partial charge in [-0.2, -0.15) is 4.98 Å². The molecule has 0 radical (unpaired) electrons. The molecule has 0 aliphatic carbocycles. The number of nitrogens with one attached hydrogen (secondary N) is 1. The molecule has 3 rings (SSSR count). The van der Waals surface area contributed by atoms with Crippen LogP contribution in [0, 0.1) is 13.8 Å². The number of thioether (sulfide) groups is 1. The van der Waals surface area contributed by atoms with Gasteiger partial charge in [0.25, 0.3) is 11.7 Å². The van der Waals surface area contributed by atoms with Crippen LogP contribution in [0.2, 0.25) is 0 Å². The second-order valence-corrected chi connectivity index (χ2v) is 7.24. The maximum Gasteiger partial charge on any atom is 0.310 e. The quantitative estimate of drug-likeness (QED) is 0.470. The molecular formula is C20H23N5O3S. The molecule has 1 amide bonds. The molecule has 0 atom stereocenters. The number of hydrogen-bond acceptors (Lipinski definition) is 7. The number of carbonyl (C=O) groups excluding carboxylic acids is 2. The molecule has 0 aliphatic rings. The Hall–Kier alpha value is -2.94. The van der Waals surface area contributed by atoms with E-state index in [1.54, 1.807) is 4.52 Å². The van der Waals surface area contributed by atoms with Crippen LogP contribution in [0.25, 0.3) is 5.78 Å². The molecular weight excluding hydrogens is 390 g/mol. The highest BCUT2D eigenvalue weighted by molar-refractivity contribution is 7.98. The van der Waals surface area contributed by atoms with Gasteiger partial charge in [0.1, 0.15) is 0 Å². The first-order valence-corrected chi connectivity index (χ1v) is 10.5. The molecule has 1 aromatic carbocycles. The van der Waals surface area contributed by atoms with Crippen LogP contribution in [0.4, 0.5) is 5.69 Å². The minimum Gasteiger partial charge on any atom is -0.455 e. The Morgan fingerprint density at radius 1 is 1.21 bits per heavy atom. The first-order valence-electron chi connectivity index (χ1n) is 9.23. The zero-order valence-electron chi connectivity index (χ0n) is 16.9. The van der Waals surface area contributed by atoms with Crippen LogP contribution in [-0.2, 0) is 27.2 Å². The minimum atomic E-state index is -0.499. The number of para-hydroxylation sites is 1. The number of aryl methyl sites for hydroxylation is 3. The standard InChI is InChI=1S/C20H23N5O3S/c1-5-14-8-6-7-9-16(14)22-17(26)11-28-18(27)10-15-12(2)21-19-23-20(29-4)24-25(19)13(15)3/h6-9H,5,10-11H2,1-4H3,(H,22,26). The zero-order chi connectivity index (χ0) is 21.0. The third-order valence-electron chi connectivity index (χ3n) is 4.57. The number of rotatable bonds is 7. The zero-order valence-corrected chi connectivity index (χ0v) is 17.7. The molecule has 0 spiro atoms. The third kappa shape index (κ3) is 4.73. The van der Waals surface area contributed by atoms with E-state index in [1.165, 1.54) is 11.8 Å². The highest BCUT2D eigenvalue weighted by atomic mass is 32.2. The summed E-state index contributed by atoms with van der Waals surface area (Å²) in [5.74, 6) is -0.376. The van der Waals surface area contributed by atoms with E-state index in [1.807, 2.05) is 51.3 Å². The Balaban J connectivity index is 1.64. The average molecular weight is 414 g/mol. The second-order valence-electron chi connectivity index (χ2n) is 6.47. The Labute approximate surface area is 173 Å². The van der Waals surface area contributed by atoms with E-state index in [-0.39, 0.29) is 18.9 Å². The SMILES string of the molecule is CCc1ccccc1NC(=O)COC(=O)Cc1c(C)nc2nc(SC)nn2c1C. The molecule has 152 valence electrons. The maximum atomic E-state index is 12.3. The monoisotopic (exact) mass is 413 g/mol. The van der Waals surface area contributed by atoms with Crippen molar-refractivity contribution >= 4 is 35.1 Å². The van der Waals surface area contributed by atoms with E-state index < -0.39 is 5.97 Å². The summed E-state index contributed by atoms with van der Waals surface area (Å²) in [6.07, 6.45) is 2.69. The lowest BCUT2D eigenvalue weighted by molar-refractivity contribution is -0.146. The van der Waals surface area contributed by atoms with Crippen molar-refractivity contribution in [2.24, 2.45) is 0 Å². The summed E-state index contributed by atoms with van der Waals surface area (Å²) in [6.45, 7) is 5.34. The molecule has 0 aliphatic heterocycles. The number of fused-ring (bicyclic) bond motifs is 1. The number of benzene rings is 1. The molecule has 8 nitrogen and oxygen atoms in total. The smallest absolute Gasteiger partial charge is 0.310 e. The fraction of sp³-hybridized carbons (Fsp3) is 0.350. The maximum absolute atomic E-state index is 12.3. The molecule has 29 heavy (non-hydrogen) atoms. The van der Waals surface area contributed by atoms with Gasteiger partial charge in [-0.1, -0.05) is 36.9 Å². The average Bonchev–Trinajstić information content (AvgIpc) is 3.13. The molecule has 0 bridgehead atoms. The van der Waals surface area contributed by atoms with Crippen LogP contribution in [0.1, 0.15) is 29.4 Å². The van der Waals surface area contributed by atoms with E-state index in [4.69, 9.17) is 4.74 Å². The number of nitrogens with zero attached hydrogens (tertiary/aromatic N) is 4. The van der Waals surface area contributed by atoms with Crippen LogP contribution in [0.5, 0.6) is 0 Å². The predicted molar refractivity (Wildman–Crippen MR) is 111 cm³/mol. The number of carbonyl (C=O) groups is 2. The van der Waals surface area contributed by atoms with Crippen molar-refractivity contribution in [2.45, 2.75) is 38.8 Å². The number of ether oxygens (including phenoxy) is 1. The van der Waals surface area contributed by atoms with Gasteiger partial charge in [0.05, 0.1) is 6.42 Å². The van der Waals surface area contributed by atoms with Crippen molar-refractivity contribution < 1.29 is 14.3 Å². The molecule has 0 saturated carbocycles. The van der Waals surface area contributed by atoms with E-state index >= 15 is 0 Å². The number of anilines is 1. The van der Waals surface area contributed by atoms with E-state index in [0.29, 0.717) is 16.6 Å². The fourth-order valence-corrected chi connectivity index (χ4v) is 3.35. The van der Waals surface area contributed by atoms with Gasteiger partial charge >= 0.3 is 5.97 Å². The molecule has 3 aromatic rings. The van der Waals surface area contributed by atoms with Crippen molar-refractivity contribution in [1.29, 1.82) is 0 Å². The van der Waals surface area contributed by atoms with Crippen molar-refractivity contribution in [3.63, 3.8) is 0 Å². The van der Waals surface area contributed by atoms with E-state index in [0.717, 1.165) is 28.9 Å². The normalized spacial score (nSPS) is 10.9. The highest BCUT2D eigenvalue weighted by Gasteiger charge is 2.17. The lowest BCUT2D eigenvalue weighted by atomic mass is 10.1. The predicted octanol–water partition coefficient (Wildman–Crippen LogP) is 2.75. The molecule has 2 aromatic heterocycles. The topological polar surface area (TPSA) is 98.5 Å². The van der Waals surface area contributed by atoms with E-state index in [9.17, 15) is 9.59 Å². The van der Waals surface area contributed by atoms with Crippen LogP contribution in [-0.4, -0.2) is 44.3 Å². The Morgan fingerprint density at radius 2 is 1.97 bits per heavy atom. The summed E-state index contributed by atoms with van der Waals surface area (Å²) < 4.78 is 6.79. The van der Waals surface area contributed by atoms with Gasteiger partial charge in [-0.3, -0.25) is 9.59 Å². The summed E-state index contributed by atoms with van der Waals surface area (Å²) in [5.41, 5.74) is 3.94. The lowest BCUT2D eigenvalue weighted by Gasteiger charge is -2.11. The number of amides is 1. The molecule has 1 N–H and O–H groups in total. The van der Waals surface area contributed by atoms with E-state index in [2.05, 4.69) is 20.4 Å². The number of hydrogen-bond donors (Lipinski definition) is 1. The lowest BCUT2D eigenvalue weighted by Crippen LogP contribution is -2.22.